The Morgan fingerprint density at radius 3 is 2.65 bits per heavy atom. The van der Waals surface area contributed by atoms with Gasteiger partial charge in [0.2, 0.25) is 0 Å². The summed E-state index contributed by atoms with van der Waals surface area (Å²) in [5, 5.41) is 0. The highest BCUT2D eigenvalue weighted by molar-refractivity contribution is 5.84. The molecule has 17 heavy (non-hydrogen) atoms. The van der Waals surface area contributed by atoms with E-state index in [9.17, 15) is 4.79 Å². The number of hydrogen-bond acceptors (Lipinski definition) is 3. The lowest BCUT2D eigenvalue weighted by Gasteiger charge is -2.05. The number of hydrogen-bond donors (Lipinski definition) is 2. The van der Waals surface area contributed by atoms with Gasteiger partial charge in [0.05, 0.1) is 30.0 Å². The maximum Gasteiger partial charge on any atom is 0.323 e. The Hall–Kier alpha value is -2.43. The van der Waals surface area contributed by atoms with Crippen molar-refractivity contribution in [1.82, 2.24) is 9.97 Å². The number of nitrogens with one attached hydrogen (secondary N) is 2. The summed E-state index contributed by atoms with van der Waals surface area (Å²) in [6.07, 6.45) is 1.60. The van der Waals surface area contributed by atoms with E-state index in [1.807, 2.05) is 12.1 Å². The fourth-order valence-corrected chi connectivity index (χ4v) is 1.86. The average molecular weight is 230 g/mol. The van der Waals surface area contributed by atoms with Crippen molar-refractivity contribution in [2.75, 3.05) is 7.11 Å². The van der Waals surface area contributed by atoms with E-state index < -0.39 is 0 Å². The van der Waals surface area contributed by atoms with Gasteiger partial charge in [-0.05, 0) is 18.2 Å². The normalized spacial score (nSPS) is 10.9. The number of aromatic amines is 2. The molecule has 0 radical (unpaired) electrons. The molecule has 5 nitrogen and oxygen atoms in total. The topological polar surface area (TPSA) is 71.0 Å². The Labute approximate surface area is 96.0 Å². The van der Waals surface area contributed by atoms with E-state index in [2.05, 4.69) is 9.97 Å². The number of aromatic nitrogens is 2. The van der Waals surface area contributed by atoms with Gasteiger partial charge in [0.1, 0.15) is 11.5 Å². The van der Waals surface area contributed by atoms with Crippen LogP contribution in [0.1, 0.15) is 0 Å². The molecule has 0 atom stereocenters. The lowest BCUT2D eigenvalue weighted by molar-refractivity contribution is 0.415. The molecule has 0 amide bonds. The Balaban J connectivity index is 2.32. The predicted octanol–water partition coefficient (Wildman–Crippen LogP) is 2.12. The van der Waals surface area contributed by atoms with Crippen molar-refractivity contribution in [3.63, 3.8) is 0 Å². The van der Waals surface area contributed by atoms with Crippen LogP contribution in [-0.4, -0.2) is 17.1 Å². The summed E-state index contributed by atoms with van der Waals surface area (Å²) in [4.78, 5) is 16.6. The highest BCUT2D eigenvalue weighted by Gasteiger charge is 2.11. The van der Waals surface area contributed by atoms with Crippen LogP contribution in [0.15, 0.2) is 39.7 Å². The number of imidazole rings is 1. The molecule has 86 valence electrons. The minimum Gasteiger partial charge on any atom is -0.496 e. The molecule has 0 spiro atoms. The van der Waals surface area contributed by atoms with Gasteiger partial charge in [-0.2, -0.15) is 0 Å². The van der Waals surface area contributed by atoms with Crippen LogP contribution in [0.25, 0.3) is 22.4 Å². The molecule has 1 aromatic carbocycles. The minimum absolute atomic E-state index is 0.237. The molecular weight excluding hydrogens is 220 g/mol. The fraction of sp³-hybridized carbons (Fsp3) is 0.0833. The molecule has 2 heterocycles. The zero-order valence-electron chi connectivity index (χ0n) is 9.11. The molecule has 2 N–H and O–H groups in total. The van der Waals surface area contributed by atoms with Crippen molar-refractivity contribution in [2.45, 2.75) is 0 Å². The molecule has 0 fully saturated rings. The van der Waals surface area contributed by atoms with Crippen LogP contribution < -0.4 is 10.4 Å². The van der Waals surface area contributed by atoms with Crippen molar-refractivity contribution in [3.8, 4) is 17.1 Å². The summed E-state index contributed by atoms with van der Waals surface area (Å²) in [6, 6.07) is 7.24. The molecule has 0 saturated heterocycles. The van der Waals surface area contributed by atoms with Crippen LogP contribution >= 0.6 is 0 Å². The van der Waals surface area contributed by atoms with E-state index in [4.69, 9.17) is 9.15 Å². The summed E-state index contributed by atoms with van der Waals surface area (Å²) in [5.74, 6) is 1.36. The smallest absolute Gasteiger partial charge is 0.323 e. The Morgan fingerprint density at radius 1 is 1.24 bits per heavy atom. The molecule has 0 saturated carbocycles. The van der Waals surface area contributed by atoms with Gasteiger partial charge in [-0.25, -0.2) is 4.79 Å². The zero-order chi connectivity index (χ0) is 11.8. The van der Waals surface area contributed by atoms with Crippen molar-refractivity contribution in [2.24, 2.45) is 0 Å². The van der Waals surface area contributed by atoms with Crippen molar-refractivity contribution in [1.29, 1.82) is 0 Å². The second-order valence-corrected chi connectivity index (χ2v) is 3.65. The largest absolute Gasteiger partial charge is 0.496 e. The van der Waals surface area contributed by atoms with Gasteiger partial charge in [-0.15, -0.1) is 0 Å². The van der Waals surface area contributed by atoms with E-state index in [-0.39, 0.29) is 5.69 Å². The highest BCUT2D eigenvalue weighted by Crippen LogP contribution is 2.32. The van der Waals surface area contributed by atoms with Gasteiger partial charge in [0.15, 0.2) is 0 Å². The van der Waals surface area contributed by atoms with Crippen molar-refractivity contribution >= 4 is 11.0 Å². The van der Waals surface area contributed by atoms with E-state index in [0.717, 1.165) is 11.1 Å². The average Bonchev–Trinajstić information content (AvgIpc) is 2.93. The van der Waals surface area contributed by atoms with Crippen LogP contribution in [0.4, 0.5) is 0 Å². The molecule has 0 bridgehead atoms. The predicted molar refractivity (Wildman–Crippen MR) is 63.2 cm³/mol. The number of fused-ring (bicyclic) bond motifs is 1. The third-order valence-electron chi connectivity index (χ3n) is 2.62. The van der Waals surface area contributed by atoms with Gasteiger partial charge < -0.3 is 19.1 Å². The number of furan rings is 1. The Bertz CT molecular complexity index is 707. The van der Waals surface area contributed by atoms with Gasteiger partial charge in [0, 0.05) is 6.07 Å². The van der Waals surface area contributed by atoms with E-state index in [1.165, 1.54) is 0 Å². The van der Waals surface area contributed by atoms with Crippen molar-refractivity contribution < 1.29 is 9.15 Å². The van der Waals surface area contributed by atoms with Gasteiger partial charge in [0.25, 0.3) is 0 Å². The summed E-state index contributed by atoms with van der Waals surface area (Å²) in [5.41, 5.74) is 2.00. The van der Waals surface area contributed by atoms with Crippen LogP contribution in [0.5, 0.6) is 5.75 Å². The first-order chi connectivity index (χ1) is 8.28. The molecule has 0 aliphatic carbocycles. The second kappa shape index (κ2) is 3.55. The Morgan fingerprint density at radius 2 is 2.00 bits per heavy atom. The monoisotopic (exact) mass is 230 g/mol. The van der Waals surface area contributed by atoms with Gasteiger partial charge >= 0.3 is 5.69 Å². The quantitative estimate of drug-likeness (QED) is 0.708. The van der Waals surface area contributed by atoms with Crippen LogP contribution in [-0.2, 0) is 0 Å². The summed E-state index contributed by atoms with van der Waals surface area (Å²) in [7, 11) is 1.58. The molecule has 2 aromatic heterocycles. The summed E-state index contributed by atoms with van der Waals surface area (Å²) < 4.78 is 10.6. The number of benzene rings is 1. The van der Waals surface area contributed by atoms with Crippen LogP contribution in [0.2, 0.25) is 0 Å². The summed E-state index contributed by atoms with van der Waals surface area (Å²) >= 11 is 0. The van der Waals surface area contributed by atoms with Crippen LogP contribution in [0.3, 0.4) is 0 Å². The number of methoxy groups -OCH3 is 1. The maximum atomic E-state index is 11.2. The molecule has 3 rings (SSSR count). The zero-order valence-corrected chi connectivity index (χ0v) is 9.11. The standard InChI is InChI=1S/C12H10N2O3/c1-16-11-6-9-8(13-12(15)14-9)5-7(11)10-3-2-4-17-10/h2-6H,1H3,(H2,13,14,15). The van der Waals surface area contributed by atoms with E-state index in [0.29, 0.717) is 17.0 Å². The lowest BCUT2D eigenvalue weighted by Crippen LogP contribution is -1.99. The SMILES string of the molecule is COc1cc2[nH]c(=O)[nH]c2cc1-c1ccco1. The lowest BCUT2D eigenvalue weighted by atomic mass is 10.1. The second-order valence-electron chi connectivity index (χ2n) is 3.65. The number of ether oxygens (including phenoxy) is 1. The molecule has 5 heteroatoms. The Kier molecular flexibility index (Phi) is 2.04. The first-order valence-electron chi connectivity index (χ1n) is 5.12. The van der Waals surface area contributed by atoms with Gasteiger partial charge in [-0.1, -0.05) is 0 Å². The third kappa shape index (κ3) is 1.52. The minimum atomic E-state index is -0.237. The molecular formula is C12H10N2O3. The van der Waals surface area contributed by atoms with Gasteiger partial charge in [-0.3, -0.25) is 0 Å². The molecule has 0 aliphatic rings. The first-order valence-corrected chi connectivity index (χ1v) is 5.12. The van der Waals surface area contributed by atoms with E-state index in [1.54, 1.807) is 25.5 Å². The highest BCUT2D eigenvalue weighted by atomic mass is 16.5. The van der Waals surface area contributed by atoms with Crippen molar-refractivity contribution in [3.05, 3.63) is 41.0 Å². The van der Waals surface area contributed by atoms with Crippen LogP contribution in [0, 0.1) is 0 Å². The molecule has 0 unspecified atom stereocenters. The maximum absolute atomic E-state index is 11.2. The fourth-order valence-electron chi connectivity index (χ4n) is 1.86. The number of H-pyrrole nitrogens is 2. The summed E-state index contributed by atoms with van der Waals surface area (Å²) in [6.45, 7) is 0. The molecule has 0 aliphatic heterocycles. The third-order valence-corrected chi connectivity index (χ3v) is 2.62. The molecule has 3 aromatic rings. The van der Waals surface area contributed by atoms with E-state index >= 15 is 0 Å². The first kappa shape index (κ1) is 9.77. The number of rotatable bonds is 2.